The van der Waals surface area contributed by atoms with E-state index in [-0.39, 0.29) is 17.0 Å². The molecule has 128 valence electrons. The van der Waals surface area contributed by atoms with Crippen molar-refractivity contribution in [2.24, 2.45) is 0 Å². The molecule has 0 radical (unpaired) electrons. The molecule has 0 atom stereocenters. The molecule has 1 aliphatic heterocycles. The summed E-state index contributed by atoms with van der Waals surface area (Å²) in [6.45, 7) is 4.83. The van der Waals surface area contributed by atoms with Gasteiger partial charge < -0.3 is 4.74 Å². The first-order chi connectivity index (χ1) is 11.9. The van der Waals surface area contributed by atoms with Crippen LogP contribution in [0.5, 0.6) is 0 Å². The molecule has 0 N–H and O–H groups in total. The van der Waals surface area contributed by atoms with Crippen molar-refractivity contribution in [1.29, 1.82) is 0 Å². The number of pyridine rings is 1. The van der Waals surface area contributed by atoms with Crippen LogP contribution in [0.25, 0.3) is 11.0 Å². The van der Waals surface area contributed by atoms with E-state index in [1.807, 2.05) is 19.9 Å². The van der Waals surface area contributed by atoms with Gasteiger partial charge >= 0.3 is 0 Å². The maximum atomic E-state index is 13.0. The Labute approximate surface area is 144 Å². The second-order valence-electron chi connectivity index (χ2n) is 6.99. The fourth-order valence-corrected chi connectivity index (χ4v) is 3.07. The Hall–Kier alpha value is -2.60. The minimum Gasteiger partial charge on any atom is -0.370 e. The largest absolute Gasteiger partial charge is 0.370 e. The first kappa shape index (κ1) is 15.9. The molecule has 0 saturated carbocycles. The summed E-state index contributed by atoms with van der Waals surface area (Å²) in [6.07, 6.45) is 2.19. The molecule has 0 amide bonds. The summed E-state index contributed by atoms with van der Waals surface area (Å²) in [4.78, 5) is 21.7. The maximum Gasteiger partial charge on any atom is 0.263 e. The average molecular weight is 339 g/mol. The van der Waals surface area contributed by atoms with Crippen LogP contribution in [0.1, 0.15) is 30.7 Å². The van der Waals surface area contributed by atoms with E-state index in [1.165, 1.54) is 23.0 Å². The molecule has 0 spiro atoms. The monoisotopic (exact) mass is 339 g/mol. The molecule has 0 aliphatic carbocycles. The highest BCUT2D eigenvalue weighted by atomic mass is 19.1. The molecule has 3 heterocycles. The second-order valence-corrected chi connectivity index (χ2v) is 6.99. The van der Waals surface area contributed by atoms with Crippen LogP contribution in [-0.2, 0) is 24.3 Å². The summed E-state index contributed by atoms with van der Waals surface area (Å²) in [5.41, 5.74) is 2.75. The van der Waals surface area contributed by atoms with Crippen LogP contribution in [0.4, 0.5) is 4.39 Å². The molecule has 5 nitrogen and oxygen atoms in total. The Morgan fingerprint density at radius 3 is 2.80 bits per heavy atom. The highest BCUT2D eigenvalue weighted by molar-refractivity contribution is 5.74. The van der Waals surface area contributed by atoms with Gasteiger partial charge in [0, 0.05) is 12.0 Å². The Morgan fingerprint density at radius 1 is 1.28 bits per heavy atom. The first-order valence-electron chi connectivity index (χ1n) is 8.18. The van der Waals surface area contributed by atoms with Crippen LogP contribution < -0.4 is 5.56 Å². The molecule has 1 aromatic carbocycles. The predicted octanol–water partition coefficient (Wildman–Crippen LogP) is 2.83. The fraction of sp³-hybridized carbons (Fsp3) is 0.316. The lowest BCUT2D eigenvalue weighted by molar-refractivity contribution is -0.0411. The summed E-state index contributed by atoms with van der Waals surface area (Å²) < 4.78 is 20.4. The molecule has 0 unspecified atom stereocenters. The van der Waals surface area contributed by atoms with E-state index >= 15 is 0 Å². The quantitative estimate of drug-likeness (QED) is 0.720. The van der Waals surface area contributed by atoms with Gasteiger partial charge in [-0.15, -0.1) is 0 Å². The standard InChI is InChI=1S/C19H18FN3O2/c1-19(2)8-16-13(10-25-19)7-15-17(22-16)21-11-23(18(15)24)9-12-3-5-14(20)6-4-12/h3-7,11H,8-10H2,1-2H3. The van der Waals surface area contributed by atoms with E-state index < -0.39 is 0 Å². The van der Waals surface area contributed by atoms with Gasteiger partial charge in [0.2, 0.25) is 0 Å². The molecule has 25 heavy (non-hydrogen) atoms. The zero-order valence-electron chi connectivity index (χ0n) is 14.1. The molecule has 0 saturated heterocycles. The molecule has 1 aliphatic rings. The van der Waals surface area contributed by atoms with E-state index in [4.69, 9.17) is 4.74 Å². The summed E-state index contributed by atoms with van der Waals surface area (Å²) in [5.74, 6) is -0.300. The zero-order chi connectivity index (χ0) is 17.6. The van der Waals surface area contributed by atoms with Crippen LogP contribution in [0.3, 0.4) is 0 Å². The van der Waals surface area contributed by atoms with Gasteiger partial charge in [-0.3, -0.25) is 9.36 Å². The van der Waals surface area contributed by atoms with Crippen molar-refractivity contribution < 1.29 is 9.13 Å². The summed E-state index contributed by atoms with van der Waals surface area (Å²) in [5, 5.41) is 0.478. The zero-order valence-corrected chi connectivity index (χ0v) is 14.1. The minimum atomic E-state index is -0.300. The van der Waals surface area contributed by atoms with E-state index in [1.54, 1.807) is 12.1 Å². The van der Waals surface area contributed by atoms with Crippen LogP contribution >= 0.6 is 0 Å². The van der Waals surface area contributed by atoms with Gasteiger partial charge in [0.25, 0.3) is 5.56 Å². The van der Waals surface area contributed by atoms with Gasteiger partial charge in [-0.25, -0.2) is 14.4 Å². The topological polar surface area (TPSA) is 57.0 Å². The van der Waals surface area contributed by atoms with Crippen molar-refractivity contribution in [2.75, 3.05) is 0 Å². The van der Waals surface area contributed by atoms with Gasteiger partial charge in [-0.1, -0.05) is 12.1 Å². The third kappa shape index (κ3) is 3.05. The van der Waals surface area contributed by atoms with Crippen molar-refractivity contribution in [3.05, 3.63) is 69.7 Å². The van der Waals surface area contributed by atoms with Crippen molar-refractivity contribution in [2.45, 2.75) is 39.0 Å². The highest BCUT2D eigenvalue weighted by Gasteiger charge is 2.27. The van der Waals surface area contributed by atoms with Crippen molar-refractivity contribution >= 4 is 11.0 Å². The molecule has 4 rings (SSSR count). The number of hydrogen-bond acceptors (Lipinski definition) is 4. The van der Waals surface area contributed by atoms with Gasteiger partial charge in [0.15, 0.2) is 5.65 Å². The second kappa shape index (κ2) is 5.74. The van der Waals surface area contributed by atoms with Crippen LogP contribution in [0, 0.1) is 5.82 Å². The molecule has 0 bridgehead atoms. The lowest BCUT2D eigenvalue weighted by Gasteiger charge is -2.31. The molecular weight excluding hydrogens is 321 g/mol. The van der Waals surface area contributed by atoms with Crippen molar-refractivity contribution in [3.63, 3.8) is 0 Å². The first-order valence-corrected chi connectivity index (χ1v) is 8.18. The molecule has 0 fully saturated rings. The van der Waals surface area contributed by atoms with Gasteiger partial charge in [0.05, 0.1) is 29.8 Å². The lowest BCUT2D eigenvalue weighted by Crippen LogP contribution is -2.33. The third-order valence-electron chi connectivity index (χ3n) is 4.46. The summed E-state index contributed by atoms with van der Waals surface area (Å²) >= 11 is 0. The van der Waals surface area contributed by atoms with E-state index in [0.717, 1.165) is 16.8 Å². The van der Waals surface area contributed by atoms with Crippen LogP contribution in [-0.4, -0.2) is 20.1 Å². The van der Waals surface area contributed by atoms with Crippen LogP contribution in [0.2, 0.25) is 0 Å². The average Bonchev–Trinajstić information content (AvgIpc) is 2.57. The minimum absolute atomic E-state index is 0.158. The number of ether oxygens (including phenoxy) is 1. The number of rotatable bonds is 2. The van der Waals surface area contributed by atoms with E-state index in [2.05, 4.69) is 9.97 Å². The summed E-state index contributed by atoms with van der Waals surface area (Å²) in [7, 11) is 0. The number of hydrogen-bond donors (Lipinski definition) is 0. The Bertz CT molecular complexity index is 1010. The smallest absolute Gasteiger partial charge is 0.263 e. The number of halogens is 1. The van der Waals surface area contributed by atoms with Gasteiger partial charge in [-0.05, 0) is 37.6 Å². The molecule has 6 heteroatoms. The molecule has 3 aromatic rings. The van der Waals surface area contributed by atoms with E-state index in [9.17, 15) is 9.18 Å². The predicted molar refractivity (Wildman–Crippen MR) is 91.9 cm³/mol. The third-order valence-corrected chi connectivity index (χ3v) is 4.46. The summed E-state index contributed by atoms with van der Waals surface area (Å²) in [6, 6.07) is 7.92. The number of nitrogens with zero attached hydrogens (tertiary/aromatic N) is 3. The molecular formula is C19H18FN3O2. The number of aromatic nitrogens is 3. The van der Waals surface area contributed by atoms with Crippen molar-refractivity contribution in [1.82, 2.24) is 14.5 Å². The Morgan fingerprint density at radius 2 is 2.04 bits per heavy atom. The van der Waals surface area contributed by atoms with Gasteiger partial charge in [0.1, 0.15) is 12.1 Å². The van der Waals surface area contributed by atoms with E-state index in [0.29, 0.717) is 30.6 Å². The Balaban J connectivity index is 1.75. The SMILES string of the molecule is CC1(C)Cc2nc3ncn(Cc4ccc(F)cc4)c(=O)c3cc2CO1. The normalized spacial score (nSPS) is 16.0. The van der Waals surface area contributed by atoms with Crippen LogP contribution in [0.15, 0.2) is 41.5 Å². The van der Waals surface area contributed by atoms with Gasteiger partial charge in [-0.2, -0.15) is 0 Å². The molecule has 2 aromatic heterocycles. The highest BCUT2D eigenvalue weighted by Crippen LogP contribution is 2.27. The number of benzene rings is 1. The maximum absolute atomic E-state index is 13.0. The number of fused-ring (bicyclic) bond motifs is 2. The fourth-order valence-electron chi connectivity index (χ4n) is 3.07. The lowest BCUT2D eigenvalue weighted by atomic mass is 9.95. The van der Waals surface area contributed by atoms with Crippen molar-refractivity contribution in [3.8, 4) is 0 Å². The Kier molecular flexibility index (Phi) is 3.65.